The van der Waals surface area contributed by atoms with Crippen LogP contribution in [-0.2, 0) is 10.0 Å². The molecule has 0 aliphatic rings. The predicted octanol–water partition coefficient (Wildman–Crippen LogP) is 2.44. The summed E-state index contributed by atoms with van der Waals surface area (Å²) in [7, 11) is -3.93. The predicted molar refractivity (Wildman–Crippen MR) is 81.4 cm³/mol. The van der Waals surface area contributed by atoms with E-state index in [2.05, 4.69) is 4.72 Å². The van der Waals surface area contributed by atoms with Gasteiger partial charge in [-0.3, -0.25) is 9.52 Å². The summed E-state index contributed by atoms with van der Waals surface area (Å²) in [6.45, 7) is 0. The number of anilines is 1. The van der Waals surface area contributed by atoms with Crippen LogP contribution in [0.3, 0.4) is 0 Å². The lowest BCUT2D eigenvalue weighted by Gasteiger charge is -2.08. The Kier molecular flexibility index (Phi) is 3.53. The third-order valence-corrected chi connectivity index (χ3v) is 4.53. The van der Waals surface area contributed by atoms with E-state index >= 15 is 0 Å². The second-order valence-electron chi connectivity index (χ2n) is 4.72. The molecule has 0 saturated carbocycles. The molecular formula is C15H10FNO5S. The van der Waals surface area contributed by atoms with Crippen molar-refractivity contribution in [2.75, 3.05) is 4.72 Å². The van der Waals surface area contributed by atoms with Gasteiger partial charge in [0.05, 0.1) is 10.3 Å². The SMILES string of the molecule is O=c1c(O)coc2ccc(NS(=O)(=O)c3ccc(F)cc3)cc12. The summed E-state index contributed by atoms with van der Waals surface area (Å²) in [6.07, 6.45) is 0.910. The van der Waals surface area contributed by atoms with Crippen LogP contribution in [0.5, 0.6) is 5.75 Å². The Morgan fingerprint density at radius 2 is 1.78 bits per heavy atom. The van der Waals surface area contributed by atoms with Gasteiger partial charge < -0.3 is 9.52 Å². The van der Waals surface area contributed by atoms with Gasteiger partial charge in [-0.15, -0.1) is 0 Å². The fraction of sp³-hybridized carbons (Fsp3) is 0. The van der Waals surface area contributed by atoms with E-state index in [-0.39, 0.29) is 21.6 Å². The Morgan fingerprint density at radius 1 is 1.09 bits per heavy atom. The summed E-state index contributed by atoms with van der Waals surface area (Å²) in [5.74, 6) is -1.13. The number of rotatable bonds is 3. The van der Waals surface area contributed by atoms with E-state index in [1.807, 2.05) is 0 Å². The minimum Gasteiger partial charge on any atom is -0.502 e. The molecule has 0 amide bonds. The van der Waals surface area contributed by atoms with Gasteiger partial charge in [0.25, 0.3) is 10.0 Å². The maximum absolute atomic E-state index is 12.9. The van der Waals surface area contributed by atoms with Crippen molar-refractivity contribution in [1.82, 2.24) is 0 Å². The van der Waals surface area contributed by atoms with Crippen molar-refractivity contribution >= 4 is 26.7 Å². The highest BCUT2D eigenvalue weighted by atomic mass is 32.2. The van der Waals surface area contributed by atoms with Crippen LogP contribution in [0.2, 0.25) is 0 Å². The monoisotopic (exact) mass is 335 g/mol. The first-order valence-corrected chi connectivity index (χ1v) is 7.88. The van der Waals surface area contributed by atoms with Crippen LogP contribution in [0, 0.1) is 5.82 Å². The molecule has 0 aliphatic heterocycles. The number of hydrogen-bond donors (Lipinski definition) is 2. The van der Waals surface area contributed by atoms with E-state index in [0.717, 1.165) is 30.5 Å². The van der Waals surface area contributed by atoms with Crippen molar-refractivity contribution < 1.29 is 22.3 Å². The van der Waals surface area contributed by atoms with Gasteiger partial charge in [-0.1, -0.05) is 0 Å². The molecule has 0 radical (unpaired) electrons. The Labute approximate surface area is 129 Å². The van der Waals surface area contributed by atoms with Gasteiger partial charge >= 0.3 is 0 Å². The molecule has 2 N–H and O–H groups in total. The van der Waals surface area contributed by atoms with Crippen molar-refractivity contribution in [2.45, 2.75) is 4.90 Å². The van der Waals surface area contributed by atoms with Crippen molar-refractivity contribution in [3.05, 3.63) is 64.8 Å². The fourth-order valence-corrected chi connectivity index (χ4v) is 3.06. The van der Waals surface area contributed by atoms with Gasteiger partial charge in [0.1, 0.15) is 17.7 Å². The highest BCUT2D eigenvalue weighted by molar-refractivity contribution is 7.92. The fourth-order valence-electron chi connectivity index (χ4n) is 2.01. The van der Waals surface area contributed by atoms with Gasteiger partial charge in [0.15, 0.2) is 5.75 Å². The highest BCUT2D eigenvalue weighted by Gasteiger charge is 2.15. The quantitative estimate of drug-likeness (QED) is 0.766. The van der Waals surface area contributed by atoms with E-state index in [0.29, 0.717) is 0 Å². The lowest BCUT2D eigenvalue weighted by Crippen LogP contribution is -2.13. The maximum atomic E-state index is 12.9. The molecule has 1 aromatic heterocycles. The summed E-state index contributed by atoms with van der Waals surface area (Å²) in [4.78, 5) is 11.7. The standard InChI is InChI=1S/C15H10FNO5S/c16-9-1-4-11(5-2-9)23(20,21)17-10-3-6-14-12(7-10)15(19)13(18)8-22-14/h1-8,17-18H. The second-order valence-corrected chi connectivity index (χ2v) is 6.40. The Morgan fingerprint density at radius 3 is 2.48 bits per heavy atom. The Hall–Kier alpha value is -2.87. The molecule has 0 bridgehead atoms. The smallest absolute Gasteiger partial charge is 0.261 e. The number of nitrogens with one attached hydrogen (secondary N) is 1. The second kappa shape index (κ2) is 5.40. The van der Waals surface area contributed by atoms with E-state index in [1.54, 1.807) is 0 Å². The molecule has 0 aliphatic carbocycles. The summed E-state index contributed by atoms with van der Waals surface area (Å²) in [6, 6.07) is 8.37. The van der Waals surface area contributed by atoms with Crippen LogP contribution in [0.1, 0.15) is 0 Å². The largest absolute Gasteiger partial charge is 0.502 e. The Balaban J connectivity index is 2.02. The maximum Gasteiger partial charge on any atom is 0.261 e. The lowest BCUT2D eigenvalue weighted by atomic mass is 10.2. The molecule has 0 unspecified atom stereocenters. The molecule has 8 heteroatoms. The van der Waals surface area contributed by atoms with Crippen molar-refractivity contribution in [2.24, 2.45) is 0 Å². The van der Waals surface area contributed by atoms with Crippen molar-refractivity contribution in [1.29, 1.82) is 0 Å². The minimum absolute atomic E-state index is 0.0318. The van der Waals surface area contributed by atoms with Gasteiger partial charge in [0.2, 0.25) is 5.43 Å². The summed E-state index contributed by atoms with van der Waals surface area (Å²) in [5, 5.41) is 9.40. The third kappa shape index (κ3) is 2.88. The zero-order valence-corrected chi connectivity index (χ0v) is 12.3. The molecular weight excluding hydrogens is 325 g/mol. The van der Waals surface area contributed by atoms with Crippen LogP contribution in [0.4, 0.5) is 10.1 Å². The molecule has 0 saturated heterocycles. The first kappa shape index (κ1) is 15.0. The van der Waals surface area contributed by atoms with Crippen LogP contribution in [-0.4, -0.2) is 13.5 Å². The van der Waals surface area contributed by atoms with Crippen LogP contribution in [0.15, 0.2) is 62.8 Å². The van der Waals surface area contributed by atoms with Gasteiger partial charge in [-0.25, -0.2) is 12.8 Å². The van der Waals surface area contributed by atoms with Crippen LogP contribution in [0.25, 0.3) is 11.0 Å². The first-order chi connectivity index (χ1) is 10.9. The average Bonchev–Trinajstić information content (AvgIpc) is 2.51. The molecule has 6 nitrogen and oxygen atoms in total. The zero-order valence-electron chi connectivity index (χ0n) is 11.5. The minimum atomic E-state index is -3.93. The summed E-state index contributed by atoms with van der Waals surface area (Å²) < 4.78 is 44.6. The van der Waals surface area contributed by atoms with Crippen molar-refractivity contribution in [3.8, 4) is 5.75 Å². The normalized spacial score (nSPS) is 11.5. The third-order valence-electron chi connectivity index (χ3n) is 3.13. The zero-order chi connectivity index (χ0) is 16.6. The number of halogens is 1. The first-order valence-electron chi connectivity index (χ1n) is 6.40. The molecule has 1 heterocycles. The number of hydrogen-bond acceptors (Lipinski definition) is 5. The summed E-state index contributed by atoms with van der Waals surface area (Å²) in [5.41, 5.74) is -0.355. The van der Waals surface area contributed by atoms with Gasteiger partial charge in [-0.2, -0.15) is 0 Å². The number of benzene rings is 2. The molecule has 3 aromatic rings. The molecule has 118 valence electrons. The molecule has 2 aromatic carbocycles. The van der Waals surface area contributed by atoms with Gasteiger partial charge in [-0.05, 0) is 42.5 Å². The number of aromatic hydroxyl groups is 1. The lowest BCUT2D eigenvalue weighted by molar-refractivity contribution is 0.442. The van der Waals surface area contributed by atoms with E-state index < -0.39 is 27.0 Å². The summed E-state index contributed by atoms with van der Waals surface area (Å²) >= 11 is 0. The average molecular weight is 335 g/mol. The molecule has 0 fully saturated rings. The van der Waals surface area contributed by atoms with E-state index in [1.165, 1.54) is 18.2 Å². The molecule has 0 spiro atoms. The van der Waals surface area contributed by atoms with Gasteiger partial charge in [0, 0.05) is 5.69 Å². The van der Waals surface area contributed by atoms with Crippen LogP contribution < -0.4 is 10.2 Å². The Bertz CT molecular complexity index is 1040. The molecule has 3 rings (SSSR count). The number of sulfonamides is 1. The molecule has 23 heavy (non-hydrogen) atoms. The van der Waals surface area contributed by atoms with Crippen molar-refractivity contribution in [3.63, 3.8) is 0 Å². The number of fused-ring (bicyclic) bond motifs is 1. The topological polar surface area (TPSA) is 96.6 Å². The van der Waals surface area contributed by atoms with Crippen LogP contribution >= 0.6 is 0 Å². The highest BCUT2D eigenvalue weighted by Crippen LogP contribution is 2.21. The molecule has 0 atom stereocenters. The van der Waals surface area contributed by atoms with E-state index in [4.69, 9.17) is 4.42 Å². The van der Waals surface area contributed by atoms with E-state index in [9.17, 15) is 22.7 Å².